The lowest BCUT2D eigenvalue weighted by Gasteiger charge is -2.33. The second-order valence-corrected chi connectivity index (χ2v) is 10.4. The molecule has 2 fully saturated rings. The molecule has 1 atom stereocenters. The highest BCUT2D eigenvalue weighted by Gasteiger charge is 2.35. The van der Waals surface area contributed by atoms with Crippen LogP contribution in [0, 0.1) is 23.3 Å². The molecule has 3 aliphatic rings. The number of ketones is 1. The van der Waals surface area contributed by atoms with E-state index in [1.54, 1.807) is 11.3 Å². The van der Waals surface area contributed by atoms with Crippen molar-refractivity contribution in [3.05, 3.63) is 20.9 Å². The maximum absolute atomic E-state index is 13.2. The molecule has 31 heavy (non-hydrogen) atoms. The van der Waals surface area contributed by atoms with Crippen molar-refractivity contribution in [2.24, 2.45) is 16.8 Å². The lowest BCUT2D eigenvalue weighted by atomic mass is 9.89. The van der Waals surface area contributed by atoms with E-state index in [-0.39, 0.29) is 23.7 Å². The van der Waals surface area contributed by atoms with E-state index in [1.807, 2.05) is 13.2 Å². The van der Waals surface area contributed by atoms with Gasteiger partial charge >= 0.3 is 0 Å². The maximum Gasteiger partial charge on any atom is 0.252 e. The van der Waals surface area contributed by atoms with Crippen LogP contribution in [0.15, 0.2) is 4.99 Å². The summed E-state index contributed by atoms with van der Waals surface area (Å²) in [6.45, 7) is 2.82. The van der Waals surface area contributed by atoms with E-state index >= 15 is 0 Å². The predicted molar refractivity (Wildman–Crippen MR) is 122 cm³/mol. The molecule has 166 valence electrons. The number of carbonyl (C=O) groups is 2. The van der Waals surface area contributed by atoms with Crippen molar-refractivity contribution < 1.29 is 9.59 Å². The van der Waals surface area contributed by atoms with E-state index < -0.39 is 0 Å². The fraction of sp³-hybridized carbons (Fsp3) is 0.667. The molecule has 1 amide bonds. The van der Waals surface area contributed by atoms with Gasteiger partial charge in [-0.25, -0.2) is 0 Å². The summed E-state index contributed by atoms with van der Waals surface area (Å²) in [5, 5.41) is 12.2. The van der Waals surface area contributed by atoms with E-state index in [1.165, 1.54) is 17.7 Å². The van der Waals surface area contributed by atoms with Gasteiger partial charge in [-0.1, -0.05) is 6.92 Å². The minimum atomic E-state index is -0.00854. The van der Waals surface area contributed by atoms with Gasteiger partial charge in [0.25, 0.3) is 5.91 Å². The zero-order chi connectivity index (χ0) is 22.0. The van der Waals surface area contributed by atoms with E-state index in [9.17, 15) is 9.59 Å². The quantitative estimate of drug-likeness (QED) is 0.359. The molecule has 1 aromatic heterocycles. The highest BCUT2D eigenvalue weighted by Crippen LogP contribution is 2.39. The van der Waals surface area contributed by atoms with Crippen LogP contribution in [0.25, 0.3) is 0 Å². The number of nitrogens with zero attached hydrogens (tertiary/aromatic N) is 3. The molecule has 1 N–H and O–H groups in total. The topological polar surface area (TPSA) is 85.6 Å². The van der Waals surface area contributed by atoms with Crippen molar-refractivity contribution in [1.82, 2.24) is 10.2 Å². The fourth-order valence-electron chi connectivity index (χ4n) is 4.50. The van der Waals surface area contributed by atoms with Crippen LogP contribution in [0.5, 0.6) is 0 Å². The maximum atomic E-state index is 13.2. The highest BCUT2D eigenvalue weighted by atomic mass is 32.1. The minimum absolute atomic E-state index is 0.00854. The summed E-state index contributed by atoms with van der Waals surface area (Å²) in [6, 6.07) is 0.211. The Morgan fingerprint density at radius 2 is 2.03 bits per heavy atom. The smallest absolute Gasteiger partial charge is 0.252 e. The Labute approximate surface area is 188 Å². The molecule has 0 spiro atoms. The number of carbonyl (C=O) groups excluding carboxylic acids is 2. The number of hydrogen-bond acceptors (Lipinski definition) is 5. The molecule has 1 aromatic rings. The summed E-state index contributed by atoms with van der Waals surface area (Å²) in [5.41, 5.74) is 1.88. The molecular weight excluding hydrogens is 408 g/mol. The van der Waals surface area contributed by atoms with Crippen LogP contribution in [-0.4, -0.2) is 42.1 Å². The summed E-state index contributed by atoms with van der Waals surface area (Å²) in [6.07, 6.45) is 11.1. The van der Waals surface area contributed by atoms with Crippen LogP contribution < -0.4 is 5.32 Å². The normalized spacial score (nSPS) is 20.7. The summed E-state index contributed by atoms with van der Waals surface area (Å²) >= 11 is 1.67. The molecule has 0 bridgehead atoms. The second-order valence-electron chi connectivity index (χ2n) is 9.26. The van der Waals surface area contributed by atoms with Crippen LogP contribution in [-0.2, 0) is 24.1 Å². The molecule has 3 aliphatic carbocycles. The average molecular weight is 441 g/mol. The molecule has 0 radical (unpaired) electrons. The molecule has 0 aliphatic heterocycles. The van der Waals surface area contributed by atoms with Gasteiger partial charge in [0.15, 0.2) is 0 Å². The number of nitriles is 1. The molecule has 0 aromatic carbocycles. The Hall–Kier alpha value is -2.20. The van der Waals surface area contributed by atoms with Crippen LogP contribution in [0.3, 0.4) is 0 Å². The van der Waals surface area contributed by atoms with Gasteiger partial charge in [-0.15, -0.1) is 11.3 Å². The molecular formula is C24H32N4O2S. The van der Waals surface area contributed by atoms with E-state index in [4.69, 9.17) is 5.26 Å². The third-order valence-electron chi connectivity index (χ3n) is 6.76. The van der Waals surface area contributed by atoms with Crippen LogP contribution in [0.2, 0.25) is 0 Å². The number of amides is 1. The summed E-state index contributed by atoms with van der Waals surface area (Å²) in [7, 11) is 2.01. The average Bonchev–Trinajstić information content (AvgIpc) is 3.67. The van der Waals surface area contributed by atoms with Gasteiger partial charge in [-0.2, -0.15) is 10.3 Å². The Morgan fingerprint density at radius 1 is 1.26 bits per heavy atom. The van der Waals surface area contributed by atoms with Crippen molar-refractivity contribution in [2.45, 2.75) is 77.2 Å². The van der Waals surface area contributed by atoms with Crippen molar-refractivity contribution in [3.63, 3.8) is 0 Å². The number of fused-ring (bicyclic) bond motifs is 1. The number of hydrogen-bond donors (Lipinski definition) is 1. The van der Waals surface area contributed by atoms with E-state index in [0.29, 0.717) is 12.3 Å². The zero-order valence-corrected chi connectivity index (χ0v) is 19.4. The SMILES string of the molecule is CCCC(=NC#N)N(C)[C@H]1CCc2sc(CC(=O)C3CC3)c(C(=O)NCC3CC3)c2C1. The number of thiophene rings is 1. The number of amidine groups is 1. The van der Waals surface area contributed by atoms with Crippen LogP contribution >= 0.6 is 11.3 Å². The number of likely N-dealkylation sites (N-methyl/N-ethyl adjacent to an activating group) is 1. The second kappa shape index (κ2) is 9.52. The van der Waals surface area contributed by atoms with Crippen molar-refractivity contribution in [3.8, 4) is 6.19 Å². The first kappa shape index (κ1) is 22.0. The standard InChI is InChI=1S/C24H32N4O2S/c1-3-4-22(27-14-25)28(2)17-9-10-20-18(11-17)23(24(30)26-13-15-5-6-15)21(31-20)12-19(29)16-7-8-16/h15-17H,3-13H2,1-2H3,(H,26,30)/t17-/m0/s1. The van der Waals surface area contributed by atoms with Crippen molar-refractivity contribution in [1.29, 1.82) is 5.26 Å². The van der Waals surface area contributed by atoms with E-state index in [2.05, 4.69) is 22.1 Å². The van der Waals surface area contributed by atoms with Gasteiger partial charge in [0, 0.05) is 48.1 Å². The van der Waals surface area contributed by atoms with Crippen LogP contribution in [0.4, 0.5) is 0 Å². The molecule has 2 saturated carbocycles. The Bertz CT molecular complexity index is 921. The van der Waals surface area contributed by atoms with Gasteiger partial charge in [0.2, 0.25) is 6.19 Å². The zero-order valence-electron chi connectivity index (χ0n) is 18.6. The lowest BCUT2D eigenvalue weighted by molar-refractivity contribution is -0.119. The van der Waals surface area contributed by atoms with E-state index in [0.717, 1.165) is 73.3 Å². The summed E-state index contributed by atoms with van der Waals surface area (Å²) in [5.74, 6) is 1.92. The van der Waals surface area contributed by atoms with Gasteiger partial charge in [-0.3, -0.25) is 9.59 Å². The fourth-order valence-corrected chi connectivity index (χ4v) is 5.86. The molecule has 7 heteroatoms. The Morgan fingerprint density at radius 3 is 2.68 bits per heavy atom. The molecule has 0 saturated heterocycles. The summed E-state index contributed by atoms with van der Waals surface area (Å²) < 4.78 is 0. The number of aliphatic imine (C=N–C) groups is 1. The van der Waals surface area contributed by atoms with Crippen LogP contribution in [0.1, 0.15) is 77.5 Å². The Balaban J connectivity index is 1.58. The first-order valence-corrected chi connectivity index (χ1v) is 12.5. The molecule has 4 rings (SSSR count). The monoisotopic (exact) mass is 440 g/mol. The molecule has 0 unspecified atom stereocenters. The number of nitrogens with one attached hydrogen (secondary N) is 1. The Kier molecular flexibility index (Phi) is 6.76. The summed E-state index contributed by atoms with van der Waals surface area (Å²) in [4.78, 5) is 34.2. The van der Waals surface area contributed by atoms with Gasteiger partial charge < -0.3 is 10.2 Å². The highest BCUT2D eigenvalue weighted by molar-refractivity contribution is 7.12. The third-order valence-corrected chi connectivity index (χ3v) is 8.05. The number of aryl methyl sites for hydroxylation is 1. The first-order valence-electron chi connectivity index (χ1n) is 11.6. The lowest BCUT2D eigenvalue weighted by Crippen LogP contribution is -2.41. The largest absolute Gasteiger partial charge is 0.359 e. The first-order chi connectivity index (χ1) is 15.0. The van der Waals surface area contributed by atoms with Crippen molar-refractivity contribution in [2.75, 3.05) is 13.6 Å². The molecule has 1 heterocycles. The molecule has 6 nitrogen and oxygen atoms in total. The predicted octanol–water partition coefficient (Wildman–Crippen LogP) is 3.88. The number of rotatable bonds is 9. The minimum Gasteiger partial charge on any atom is -0.359 e. The van der Waals surface area contributed by atoms with Crippen molar-refractivity contribution >= 4 is 28.9 Å². The van der Waals surface area contributed by atoms with Gasteiger partial charge in [0.05, 0.1) is 5.56 Å². The number of Topliss-reactive ketones (excluding diaryl/α,β-unsaturated/α-hetero) is 1. The van der Waals surface area contributed by atoms with Gasteiger partial charge in [-0.05, 0) is 62.8 Å². The third kappa shape index (κ3) is 5.17. The van der Waals surface area contributed by atoms with Gasteiger partial charge in [0.1, 0.15) is 11.6 Å².